The Morgan fingerprint density at radius 1 is 1.10 bits per heavy atom. The Morgan fingerprint density at radius 2 is 1.76 bits per heavy atom. The molecular formula is C20H21BrN2O6. The van der Waals surface area contributed by atoms with E-state index in [2.05, 4.69) is 26.5 Å². The number of nitrogens with zero attached hydrogens (tertiary/aromatic N) is 1. The van der Waals surface area contributed by atoms with Gasteiger partial charge in [0.05, 0.1) is 20.4 Å². The predicted molar refractivity (Wildman–Crippen MR) is 110 cm³/mol. The summed E-state index contributed by atoms with van der Waals surface area (Å²) in [5, 5.41) is 4.02. The van der Waals surface area contributed by atoms with Gasteiger partial charge in [0.25, 0.3) is 5.91 Å². The number of carbonyl (C=O) groups excluding carboxylic acids is 1. The van der Waals surface area contributed by atoms with Gasteiger partial charge in [-0.15, -0.1) is 0 Å². The van der Waals surface area contributed by atoms with E-state index in [1.165, 1.54) is 13.3 Å². The van der Waals surface area contributed by atoms with Gasteiger partial charge in [-0.25, -0.2) is 5.43 Å². The van der Waals surface area contributed by atoms with E-state index >= 15 is 0 Å². The number of halogens is 1. The van der Waals surface area contributed by atoms with Crippen LogP contribution in [-0.4, -0.2) is 46.7 Å². The van der Waals surface area contributed by atoms with Gasteiger partial charge >= 0.3 is 0 Å². The molecule has 0 radical (unpaired) electrons. The molecule has 29 heavy (non-hydrogen) atoms. The quantitative estimate of drug-likeness (QED) is 0.500. The maximum Gasteiger partial charge on any atom is 0.273 e. The third-order valence-corrected chi connectivity index (χ3v) is 4.98. The monoisotopic (exact) mass is 464 g/mol. The molecule has 0 saturated heterocycles. The van der Waals surface area contributed by atoms with Gasteiger partial charge in [0, 0.05) is 12.7 Å². The van der Waals surface area contributed by atoms with Crippen LogP contribution >= 0.6 is 15.9 Å². The van der Waals surface area contributed by atoms with Crippen molar-refractivity contribution in [1.29, 1.82) is 0 Å². The molecule has 0 aliphatic carbocycles. The highest BCUT2D eigenvalue weighted by atomic mass is 79.9. The third-order valence-electron chi connectivity index (χ3n) is 4.20. The number of fused-ring (bicyclic) bond motifs is 1. The minimum Gasteiger partial charge on any atom is -0.495 e. The Labute approximate surface area is 176 Å². The summed E-state index contributed by atoms with van der Waals surface area (Å²) in [6.07, 6.45) is 0.642. The topological polar surface area (TPSA) is 87.6 Å². The van der Waals surface area contributed by atoms with Crippen molar-refractivity contribution in [2.45, 2.75) is 6.10 Å². The lowest BCUT2D eigenvalue weighted by atomic mass is 10.1. The zero-order valence-electron chi connectivity index (χ0n) is 16.2. The van der Waals surface area contributed by atoms with Crippen molar-refractivity contribution in [2.24, 2.45) is 5.10 Å². The molecule has 0 fully saturated rings. The lowest BCUT2D eigenvalue weighted by Crippen LogP contribution is -2.27. The number of hydrogen-bond donors (Lipinski definition) is 1. The lowest BCUT2D eigenvalue weighted by molar-refractivity contribution is -0.131. The van der Waals surface area contributed by atoms with E-state index in [4.69, 9.17) is 23.7 Å². The van der Waals surface area contributed by atoms with Crippen LogP contribution in [0.3, 0.4) is 0 Å². The largest absolute Gasteiger partial charge is 0.495 e. The SMILES string of the molecule is COc1cc(C=NNC(=O)C(OC)c2ccc3c(c2)OCCO3)cc(OC)c1Br. The number of carbonyl (C=O) groups is 1. The van der Waals surface area contributed by atoms with Gasteiger partial charge < -0.3 is 23.7 Å². The fourth-order valence-corrected chi connectivity index (χ4v) is 3.36. The minimum absolute atomic E-state index is 0.420. The summed E-state index contributed by atoms with van der Waals surface area (Å²) in [5.74, 6) is 1.98. The van der Waals surface area contributed by atoms with Crippen LogP contribution < -0.4 is 24.4 Å². The van der Waals surface area contributed by atoms with Gasteiger partial charge in [-0.2, -0.15) is 5.10 Å². The summed E-state index contributed by atoms with van der Waals surface area (Å²) in [4.78, 5) is 12.6. The number of hydrazone groups is 1. The molecule has 1 aliphatic heterocycles. The Balaban J connectivity index is 1.72. The molecule has 154 valence electrons. The molecule has 0 bridgehead atoms. The zero-order valence-corrected chi connectivity index (χ0v) is 17.8. The van der Waals surface area contributed by atoms with Gasteiger partial charge in [0.15, 0.2) is 17.6 Å². The fourth-order valence-electron chi connectivity index (χ4n) is 2.81. The van der Waals surface area contributed by atoms with Crippen LogP contribution in [0.4, 0.5) is 0 Å². The second-order valence-electron chi connectivity index (χ2n) is 5.99. The Hall–Kier alpha value is -2.78. The van der Waals surface area contributed by atoms with Gasteiger partial charge in [-0.1, -0.05) is 6.07 Å². The normalized spacial score (nSPS) is 13.8. The molecule has 8 nitrogen and oxygen atoms in total. The highest BCUT2D eigenvalue weighted by Crippen LogP contribution is 2.35. The number of hydrogen-bond acceptors (Lipinski definition) is 7. The van der Waals surface area contributed by atoms with Crippen molar-refractivity contribution >= 4 is 28.1 Å². The molecular weight excluding hydrogens is 444 g/mol. The second-order valence-corrected chi connectivity index (χ2v) is 6.79. The number of ether oxygens (including phenoxy) is 5. The van der Waals surface area contributed by atoms with E-state index in [9.17, 15) is 4.79 Å². The Kier molecular flexibility index (Phi) is 6.95. The Morgan fingerprint density at radius 3 is 2.38 bits per heavy atom. The van der Waals surface area contributed by atoms with Crippen LogP contribution in [-0.2, 0) is 9.53 Å². The molecule has 3 rings (SSSR count). The number of rotatable bonds is 7. The Bertz CT molecular complexity index is 893. The van der Waals surface area contributed by atoms with Crippen molar-refractivity contribution in [2.75, 3.05) is 34.5 Å². The average Bonchev–Trinajstić information content (AvgIpc) is 2.75. The molecule has 0 saturated carbocycles. The van der Waals surface area contributed by atoms with Crippen LogP contribution in [0.25, 0.3) is 0 Å². The number of methoxy groups -OCH3 is 3. The summed E-state index contributed by atoms with van der Waals surface area (Å²) in [7, 11) is 4.56. The van der Waals surface area contributed by atoms with E-state index in [-0.39, 0.29) is 0 Å². The third kappa shape index (κ3) is 4.80. The molecule has 1 unspecified atom stereocenters. The fraction of sp³-hybridized carbons (Fsp3) is 0.300. The highest BCUT2D eigenvalue weighted by molar-refractivity contribution is 9.10. The number of amides is 1. The maximum absolute atomic E-state index is 12.6. The molecule has 2 aromatic rings. The first kappa shape index (κ1) is 20.9. The van der Waals surface area contributed by atoms with Crippen LogP contribution in [0.2, 0.25) is 0 Å². The summed E-state index contributed by atoms with van der Waals surface area (Å²) in [6, 6.07) is 8.77. The first-order valence-electron chi connectivity index (χ1n) is 8.74. The molecule has 1 heterocycles. The average molecular weight is 465 g/mol. The van der Waals surface area contributed by atoms with E-state index < -0.39 is 12.0 Å². The van der Waals surface area contributed by atoms with Crippen LogP contribution in [0, 0.1) is 0 Å². The van der Waals surface area contributed by atoms with Crippen molar-refractivity contribution in [3.63, 3.8) is 0 Å². The van der Waals surface area contributed by atoms with Crippen LogP contribution in [0.15, 0.2) is 39.9 Å². The minimum atomic E-state index is -0.850. The van der Waals surface area contributed by atoms with Gasteiger partial charge in [0.1, 0.15) is 29.2 Å². The summed E-state index contributed by atoms with van der Waals surface area (Å²) in [6.45, 7) is 0.964. The van der Waals surface area contributed by atoms with E-state index in [1.54, 1.807) is 44.6 Å². The summed E-state index contributed by atoms with van der Waals surface area (Å²) < 4.78 is 27.7. The molecule has 1 atom stereocenters. The summed E-state index contributed by atoms with van der Waals surface area (Å²) in [5.41, 5.74) is 3.82. The first-order chi connectivity index (χ1) is 14.1. The van der Waals surface area contributed by atoms with E-state index in [0.717, 1.165) is 0 Å². The second kappa shape index (κ2) is 9.62. The molecule has 1 amide bonds. The van der Waals surface area contributed by atoms with Crippen LogP contribution in [0.5, 0.6) is 23.0 Å². The zero-order chi connectivity index (χ0) is 20.8. The van der Waals surface area contributed by atoms with E-state index in [0.29, 0.717) is 51.8 Å². The van der Waals surface area contributed by atoms with Crippen LogP contribution in [0.1, 0.15) is 17.2 Å². The predicted octanol–water partition coefficient (Wildman–Crippen LogP) is 3.08. The van der Waals surface area contributed by atoms with Crippen molar-refractivity contribution in [3.8, 4) is 23.0 Å². The number of benzene rings is 2. The smallest absolute Gasteiger partial charge is 0.273 e. The van der Waals surface area contributed by atoms with Gasteiger partial charge in [-0.05, 0) is 45.8 Å². The first-order valence-corrected chi connectivity index (χ1v) is 9.53. The van der Waals surface area contributed by atoms with E-state index in [1.807, 2.05) is 0 Å². The molecule has 0 spiro atoms. The van der Waals surface area contributed by atoms with Crippen molar-refractivity contribution in [3.05, 3.63) is 45.9 Å². The maximum atomic E-state index is 12.6. The lowest BCUT2D eigenvalue weighted by Gasteiger charge is -2.20. The van der Waals surface area contributed by atoms with Gasteiger partial charge in [-0.3, -0.25) is 4.79 Å². The molecule has 2 aromatic carbocycles. The van der Waals surface area contributed by atoms with Gasteiger partial charge in [0.2, 0.25) is 0 Å². The van der Waals surface area contributed by atoms with Crippen molar-refractivity contribution in [1.82, 2.24) is 5.43 Å². The molecule has 9 heteroatoms. The molecule has 1 aliphatic rings. The molecule has 1 N–H and O–H groups in total. The standard InChI is InChI=1S/C20H21BrN2O6/c1-25-16-8-12(9-17(26-2)18(16)21)11-22-23-20(24)19(27-3)13-4-5-14-15(10-13)29-7-6-28-14/h4-5,8-11,19H,6-7H2,1-3H3,(H,23,24). The summed E-state index contributed by atoms with van der Waals surface area (Å²) >= 11 is 3.41. The van der Waals surface area contributed by atoms with Crippen molar-refractivity contribution < 1.29 is 28.5 Å². The molecule has 0 aromatic heterocycles. The number of nitrogens with one attached hydrogen (secondary N) is 1. The highest BCUT2D eigenvalue weighted by Gasteiger charge is 2.22.